The van der Waals surface area contributed by atoms with E-state index in [-0.39, 0.29) is 0 Å². The average molecular weight is 234 g/mol. The van der Waals surface area contributed by atoms with Crippen molar-refractivity contribution in [3.63, 3.8) is 0 Å². The second-order valence-corrected chi connectivity index (χ2v) is 4.30. The maximum Gasteiger partial charge on any atom is 0.0872 e. The largest absolute Gasteiger partial charge is 0.349 e. The third-order valence-corrected chi connectivity index (χ3v) is 3.07. The summed E-state index contributed by atoms with van der Waals surface area (Å²) in [7, 11) is 2.03. The molecule has 0 bridgehead atoms. The van der Waals surface area contributed by atoms with Crippen LogP contribution >= 0.6 is 0 Å². The summed E-state index contributed by atoms with van der Waals surface area (Å²) in [4.78, 5) is 4.45. The smallest absolute Gasteiger partial charge is 0.0872 e. The van der Waals surface area contributed by atoms with Gasteiger partial charge in [0.2, 0.25) is 0 Å². The zero-order valence-electron chi connectivity index (χ0n) is 10.2. The van der Waals surface area contributed by atoms with E-state index < -0.39 is 0 Å². The summed E-state index contributed by atoms with van der Waals surface area (Å²) in [5.74, 6) is 0. The third kappa shape index (κ3) is 1.93. The Balaban J connectivity index is 2.08. The maximum atomic E-state index is 4.45. The fourth-order valence-electron chi connectivity index (χ4n) is 2.11. The van der Waals surface area contributed by atoms with Gasteiger partial charge in [-0.05, 0) is 35.4 Å². The van der Waals surface area contributed by atoms with Crippen molar-refractivity contribution in [1.29, 1.82) is 0 Å². The number of hydrogen-bond acceptors (Lipinski definition) is 1. The van der Waals surface area contributed by atoms with Crippen molar-refractivity contribution in [2.45, 2.75) is 0 Å². The molecular weight excluding hydrogens is 220 g/mol. The summed E-state index contributed by atoms with van der Waals surface area (Å²) in [6.07, 6.45) is 3.90. The predicted molar refractivity (Wildman–Crippen MR) is 74.1 cm³/mol. The van der Waals surface area contributed by atoms with Gasteiger partial charge in [-0.15, -0.1) is 0 Å². The molecule has 3 aromatic rings. The van der Waals surface area contributed by atoms with E-state index in [0.717, 1.165) is 11.4 Å². The van der Waals surface area contributed by atoms with Crippen LogP contribution in [0.2, 0.25) is 0 Å². The van der Waals surface area contributed by atoms with Crippen molar-refractivity contribution in [3.8, 4) is 22.5 Å². The molecule has 2 heteroatoms. The molecule has 0 amide bonds. The van der Waals surface area contributed by atoms with Crippen molar-refractivity contribution in [2.24, 2.45) is 7.05 Å². The van der Waals surface area contributed by atoms with Crippen molar-refractivity contribution in [3.05, 3.63) is 67.0 Å². The number of rotatable bonds is 2. The molecule has 0 atom stereocenters. The Hall–Kier alpha value is -2.35. The molecule has 0 unspecified atom stereocenters. The summed E-state index contributed by atoms with van der Waals surface area (Å²) in [5, 5.41) is 0. The number of aromatic nitrogens is 2. The molecule has 0 N–H and O–H groups in total. The Kier molecular flexibility index (Phi) is 2.69. The van der Waals surface area contributed by atoms with Gasteiger partial charge in [-0.3, -0.25) is 4.98 Å². The van der Waals surface area contributed by atoms with Gasteiger partial charge in [-0.25, -0.2) is 0 Å². The highest BCUT2D eigenvalue weighted by Gasteiger charge is 2.04. The van der Waals surface area contributed by atoms with Crippen LogP contribution in [0.1, 0.15) is 0 Å². The van der Waals surface area contributed by atoms with Crippen LogP contribution in [0, 0.1) is 0 Å². The van der Waals surface area contributed by atoms with Crippen molar-refractivity contribution in [2.75, 3.05) is 0 Å². The van der Waals surface area contributed by atoms with E-state index in [0.29, 0.717) is 0 Å². The molecule has 2 nitrogen and oxygen atoms in total. The average Bonchev–Trinajstić information content (AvgIpc) is 2.86. The molecule has 0 aliphatic carbocycles. The maximum absolute atomic E-state index is 4.45. The highest BCUT2D eigenvalue weighted by molar-refractivity contribution is 5.69. The molecule has 1 aromatic carbocycles. The van der Waals surface area contributed by atoms with E-state index in [1.54, 1.807) is 0 Å². The molecule has 0 saturated heterocycles. The Morgan fingerprint density at radius 2 is 1.72 bits per heavy atom. The molecule has 88 valence electrons. The molecule has 2 aromatic heterocycles. The van der Waals surface area contributed by atoms with Crippen LogP contribution < -0.4 is 0 Å². The first-order valence-electron chi connectivity index (χ1n) is 5.98. The first-order chi connectivity index (χ1) is 8.84. The zero-order chi connectivity index (χ0) is 12.4. The predicted octanol–water partition coefficient (Wildman–Crippen LogP) is 3.75. The van der Waals surface area contributed by atoms with Crippen molar-refractivity contribution < 1.29 is 0 Å². The Bertz CT molecular complexity index is 654. The van der Waals surface area contributed by atoms with Crippen LogP contribution in [0.15, 0.2) is 67.0 Å². The molecule has 0 saturated carbocycles. The lowest BCUT2D eigenvalue weighted by molar-refractivity contribution is 0.931. The summed E-state index contributed by atoms with van der Waals surface area (Å²) >= 11 is 0. The Morgan fingerprint density at radius 3 is 2.44 bits per heavy atom. The molecule has 0 aliphatic rings. The Morgan fingerprint density at radius 1 is 0.889 bits per heavy atom. The minimum absolute atomic E-state index is 1.00. The topological polar surface area (TPSA) is 17.8 Å². The number of pyridine rings is 1. The molecular formula is C16H14N2. The highest BCUT2D eigenvalue weighted by Crippen LogP contribution is 2.24. The molecule has 3 rings (SSSR count). The van der Waals surface area contributed by atoms with Gasteiger partial charge in [0.05, 0.1) is 11.4 Å². The van der Waals surface area contributed by atoms with Crippen molar-refractivity contribution >= 4 is 0 Å². The number of nitrogens with zero attached hydrogens (tertiary/aromatic N) is 2. The highest BCUT2D eigenvalue weighted by atomic mass is 14.9. The van der Waals surface area contributed by atoms with Crippen LogP contribution in [0.5, 0.6) is 0 Å². The minimum atomic E-state index is 1.00. The summed E-state index contributed by atoms with van der Waals surface area (Å²) in [6, 6.07) is 18.7. The molecule has 0 spiro atoms. The molecule has 2 heterocycles. The fraction of sp³-hybridized carbons (Fsp3) is 0.0625. The molecule has 18 heavy (non-hydrogen) atoms. The number of aryl methyl sites for hydroxylation is 1. The van der Waals surface area contributed by atoms with E-state index in [1.165, 1.54) is 11.1 Å². The van der Waals surface area contributed by atoms with Crippen LogP contribution in [0.4, 0.5) is 0 Å². The lowest BCUT2D eigenvalue weighted by Crippen LogP contribution is -1.92. The van der Waals surface area contributed by atoms with E-state index >= 15 is 0 Å². The summed E-state index contributed by atoms with van der Waals surface area (Å²) < 4.78 is 2.08. The van der Waals surface area contributed by atoms with E-state index in [4.69, 9.17) is 0 Å². The van der Waals surface area contributed by atoms with Gasteiger partial charge in [0.1, 0.15) is 0 Å². The Labute approximate surface area is 107 Å². The van der Waals surface area contributed by atoms with Gasteiger partial charge in [0, 0.05) is 19.4 Å². The lowest BCUT2D eigenvalue weighted by atomic mass is 10.1. The van der Waals surface area contributed by atoms with E-state index in [1.807, 2.05) is 37.6 Å². The quantitative estimate of drug-likeness (QED) is 0.660. The fourth-order valence-corrected chi connectivity index (χ4v) is 2.11. The summed E-state index contributed by atoms with van der Waals surface area (Å²) in [6.45, 7) is 0. The van der Waals surface area contributed by atoms with Crippen LogP contribution in [0.3, 0.4) is 0 Å². The van der Waals surface area contributed by atoms with Gasteiger partial charge in [-0.1, -0.05) is 30.3 Å². The first kappa shape index (κ1) is 10.8. The zero-order valence-corrected chi connectivity index (χ0v) is 10.2. The molecule has 0 fully saturated rings. The molecule has 0 radical (unpaired) electrons. The van der Waals surface area contributed by atoms with Gasteiger partial charge in [0.15, 0.2) is 0 Å². The number of benzene rings is 1. The van der Waals surface area contributed by atoms with Crippen LogP contribution in [0.25, 0.3) is 22.5 Å². The second-order valence-electron chi connectivity index (χ2n) is 4.30. The van der Waals surface area contributed by atoms with Gasteiger partial charge < -0.3 is 4.57 Å². The van der Waals surface area contributed by atoms with Crippen LogP contribution in [-0.2, 0) is 7.05 Å². The number of hydrogen-bond donors (Lipinski definition) is 0. The monoisotopic (exact) mass is 234 g/mol. The van der Waals surface area contributed by atoms with Gasteiger partial charge >= 0.3 is 0 Å². The lowest BCUT2D eigenvalue weighted by Gasteiger charge is -2.06. The standard InChI is InChI=1S/C16H14N2/c1-18-11-5-8-16(18)15-12-14(9-10-17-15)13-6-3-2-4-7-13/h2-12H,1H3. The third-order valence-electron chi connectivity index (χ3n) is 3.07. The van der Waals surface area contributed by atoms with Gasteiger partial charge in [-0.2, -0.15) is 0 Å². The SMILES string of the molecule is Cn1cccc1-c1cc(-c2ccccc2)ccn1. The second kappa shape index (κ2) is 4.49. The molecule has 0 aliphatic heterocycles. The van der Waals surface area contributed by atoms with E-state index in [9.17, 15) is 0 Å². The minimum Gasteiger partial charge on any atom is -0.349 e. The van der Waals surface area contributed by atoms with Crippen LogP contribution in [-0.4, -0.2) is 9.55 Å². The first-order valence-corrected chi connectivity index (χ1v) is 5.98. The van der Waals surface area contributed by atoms with Gasteiger partial charge in [0.25, 0.3) is 0 Å². The van der Waals surface area contributed by atoms with E-state index in [2.05, 4.69) is 45.9 Å². The summed E-state index contributed by atoms with van der Waals surface area (Å²) in [5.41, 5.74) is 4.55. The normalized spacial score (nSPS) is 10.5. The van der Waals surface area contributed by atoms with Crippen molar-refractivity contribution in [1.82, 2.24) is 9.55 Å².